The topological polar surface area (TPSA) is 15.3 Å². The van der Waals surface area contributed by atoms with Gasteiger partial charge in [-0.1, -0.05) is 0 Å². The van der Waals surface area contributed by atoms with Crippen molar-refractivity contribution in [2.45, 2.75) is 39.4 Å². The standard InChI is InChI=1S/C14H26N2S2/c1-11(6-7-17-5)16(4)10-13-8-14(9-15-3)18-12(13)2/h8,11,15H,6-7,9-10H2,1-5H3. The summed E-state index contributed by atoms with van der Waals surface area (Å²) in [5.41, 5.74) is 1.49. The predicted octanol–water partition coefficient (Wildman–Crippen LogP) is 3.35. The summed E-state index contributed by atoms with van der Waals surface area (Å²) in [6.45, 7) is 6.62. The van der Waals surface area contributed by atoms with E-state index in [-0.39, 0.29) is 0 Å². The maximum atomic E-state index is 3.22. The van der Waals surface area contributed by atoms with Crippen LogP contribution in [0.1, 0.15) is 28.7 Å². The van der Waals surface area contributed by atoms with Gasteiger partial charge in [0.2, 0.25) is 0 Å². The van der Waals surface area contributed by atoms with Gasteiger partial charge in [0.05, 0.1) is 0 Å². The van der Waals surface area contributed by atoms with Crippen LogP contribution >= 0.6 is 23.1 Å². The molecule has 0 aliphatic carbocycles. The molecule has 1 aromatic rings. The van der Waals surface area contributed by atoms with Crippen molar-refractivity contribution >= 4 is 23.1 Å². The molecule has 0 amide bonds. The summed E-state index contributed by atoms with van der Waals surface area (Å²) < 4.78 is 0. The van der Waals surface area contributed by atoms with Gasteiger partial charge >= 0.3 is 0 Å². The molecule has 0 saturated carbocycles. The number of aryl methyl sites for hydroxylation is 1. The molecule has 0 fully saturated rings. The summed E-state index contributed by atoms with van der Waals surface area (Å²) >= 11 is 3.85. The smallest absolute Gasteiger partial charge is 0.0296 e. The Kier molecular flexibility index (Phi) is 7.30. The molecule has 0 spiro atoms. The van der Waals surface area contributed by atoms with Gasteiger partial charge in [0, 0.05) is 28.9 Å². The van der Waals surface area contributed by atoms with E-state index in [2.05, 4.69) is 43.4 Å². The second kappa shape index (κ2) is 8.20. The van der Waals surface area contributed by atoms with Gasteiger partial charge in [0.15, 0.2) is 0 Å². The molecule has 0 radical (unpaired) electrons. The van der Waals surface area contributed by atoms with E-state index < -0.39 is 0 Å². The maximum absolute atomic E-state index is 3.22. The van der Waals surface area contributed by atoms with E-state index in [1.54, 1.807) is 0 Å². The fourth-order valence-corrected chi connectivity index (χ4v) is 3.58. The van der Waals surface area contributed by atoms with Crippen LogP contribution in [0.5, 0.6) is 0 Å². The third kappa shape index (κ3) is 4.92. The molecule has 1 heterocycles. The van der Waals surface area contributed by atoms with Crippen LogP contribution in [0.15, 0.2) is 6.07 Å². The van der Waals surface area contributed by atoms with Crippen LogP contribution in [0.2, 0.25) is 0 Å². The van der Waals surface area contributed by atoms with Crippen LogP contribution < -0.4 is 5.32 Å². The molecular weight excluding hydrogens is 260 g/mol. The Balaban J connectivity index is 2.55. The quantitative estimate of drug-likeness (QED) is 0.789. The summed E-state index contributed by atoms with van der Waals surface area (Å²) in [6.07, 6.45) is 3.45. The number of hydrogen-bond acceptors (Lipinski definition) is 4. The second-order valence-corrected chi connectivity index (χ2v) is 7.20. The summed E-state index contributed by atoms with van der Waals surface area (Å²) in [5, 5.41) is 3.22. The van der Waals surface area contributed by atoms with Crippen LogP contribution in [-0.4, -0.2) is 37.0 Å². The summed E-state index contributed by atoms with van der Waals surface area (Å²) in [6, 6.07) is 3.01. The van der Waals surface area contributed by atoms with Crippen LogP contribution in [0, 0.1) is 6.92 Å². The van der Waals surface area contributed by atoms with Gasteiger partial charge in [-0.15, -0.1) is 11.3 Å². The monoisotopic (exact) mass is 286 g/mol. The minimum Gasteiger partial charge on any atom is -0.315 e. The van der Waals surface area contributed by atoms with Crippen LogP contribution in [-0.2, 0) is 13.1 Å². The molecule has 1 N–H and O–H groups in total. The molecule has 18 heavy (non-hydrogen) atoms. The highest BCUT2D eigenvalue weighted by Crippen LogP contribution is 2.23. The first-order valence-electron chi connectivity index (χ1n) is 6.50. The van der Waals surface area contributed by atoms with E-state index >= 15 is 0 Å². The summed E-state index contributed by atoms with van der Waals surface area (Å²) in [5.74, 6) is 1.25. The molecule has 1 unspecified atom stereocenters. The van der Waals surface area contributed by atoms with E-state index in [1.165, 1.54) is 27.5 Å². The molecule has 1 rings (SSSR count). The summed E-state index contributed by atoms with van der Waals surface area (Å²) in [4.78, 5) is 5.37. The average Bonchev–Trinajstić information content (AvgIpc) is 2.67. The highest BCUT2D eigenvalue weighted by Gasteiger charge is 2.12. The Labute approximate surface area is 120 Å². The first kappa shape index (κ1) is 16.0. The Hall–Kier alpha value is -0.0300. The minimum absolute atomic E-state index is 0.657. The molecule has 0 aliphatic rings. The number of hydrogen-bond donors (Lipinski definition) is 1. The SMILES string of the molecule is CNCc1cc(CN(C)C(C)CCSC)c(C)s1. The highest BCUT2D eigenvalue weighted by atomic mass is 32.2. The molecule has 0 saturated heterocycles. The largest absolute Gasteiger partial charge is 0.315 e. The molecule has 2 nitrogen and oxygen atoms in total. The third-order valence-corrected chi connectivity index (χ3v) is 5.07. The Bertz CT molecular complexity index is 350. The lowest BCUT2D eigenvalue weighted by Gasteiger charge is -2.24. The number of nitrogens with one attached hydrogen (secondary N) is 1. The van der Waals surface area contributed by atoms with Crippen molar-refractivity contribution in [3.05, 3.63) is 21.4 Å². The van der Waals surface area contributed by atoms with Crippen molar-refractivity contribution in [3.8, 4) is 0 Å². The summed E-state index contributed by atoms with van der Waals surface area (Å²) in [7, 11) is 4.24. The van der Waals surface area contributed by atoms with Crippen molar-refractivity contribution in [2.24, 2.45) is 0 Å². The van der Waals surface area contributed by atoms with Crippen molar-refractivity contribution in [1.82, 2.24) is 10.2 Å². The second-order valence-electron chi connectivity index (χ2n) is 4.87. The van der Waals surface area contributed by atoms with Crippen LogP contribution in [0.25, 0.3) is 0 Å². The van der Waals surface area contributed by atoms with Crippen LogP contribution in [0.3, 0.4) is 0 Å². The minimum atomic E-state index is 0.657. The molecule has 0 aromatic carbocycles. The lowest BCUT2D eigenvalue weighted by Crippen LogP contribution is -2.29. The molecule has 4 heteroatoms. The van der Waals surface area contributed by atoms with Crippen molar-refractivity contribution in [3.63, 3.8) is 0 Å². The Morgan fingerprint density at radius 2 is 2.22 bits per heavy atom. The van der Waals surface area contributed by atoms with E-state index in [1.807, 2.05) is 30.1 Å². The van der Waals surface area contributed by atoms with E-state index in [4.69, 9.17) is 0 Å². The first-order valence-corrected chi connectivity index (χ1v) is 8.71. The number of nitrogens with zero attached hydrogens (tertiary/aromatic N) is 1. The first-order chi connectivity index (χ1) is 8.58. The number of thiophene rings is 1. The van der Waals surface area contributed by atoms with E-state index in [0.29, 0.717) is 6.04 Å². The number of thioether (sulfide) groups is 1. The fourth-order valence-electron chi connectivity index (χ4n) is 1.94. The van der Waals surface area contributed by atoms with Gasteiger partial charge in [-0.2, -0.15) is 11.8 Å². The zero-order valence-electron chi connectivity index (χ0n) is 12.2. The zero-order valence-corrected chi connectivity index (χ0v) is 13.9. The third-order valence-electron chi connectivity index (χ3n) is 3.33. The molecule has 0 bridgehead atoms. The van der Waals surface area contributed by atoms with Gasteiger partial charge in [-0.3, -0.25) is 4.90 Å². The normalized spacial score (nSPS) is 13.2. The molecule has 104 valence electrons. The highest BCUT2D eigenvalue weighted by molar-refractivity contribution is 7.98. The zero-order chi connectivity index (χ0) is 13.5. The fraction of sp³-hybridized carbons (Fsp3) is 0.714. The Morgan fingerprint density at radius 3 is 2.83 bits per heavy atom. The van der Waals surface area contributed by atoms with Crippen molar-refractivity contribution < 1.29 is 0 Å². The lowest BCUT2D eigenvalue weighted by molar-refractivity contribution is 0.245. The van der Waals surface area contributed by atoms with Gasteiger partial charge < -0.3 is 5.32 Å². The van der Waals surface area contributed by atoms with Gasteiger partial charge in [0.25, 0.3) is 0 Å². The average molecular weight is 287 g/mol. The van der Waals surface area contributed by atoms with E-state index in [9.17, 15) is 0 Å². The van der Waals surface area contributed by atoms with Gasteiger partial charge in [0.1, 0.15) is 0 Å². The van der Waals surface area contributed by atoms with Crippen molar-refractivity contribution in [2.75, 3.05) is 26.1 Å². The molecular formula is C14H26N2S2. The molecule has 1 atom stereocenters. The van der Waals surface area contributed by atoms with Gasteiger partial charge in [-0.05, 0) is 58.0 Å². The lowest BCUT2D eigenvalue weighted by atomic mass is 10.2. The Morgan fingerprint density at radius 1 is 1.50 bits per heavy atom. The number of rotatable bonds is 8. The van der Waals surface area contributed by atoms with E-state index in [0.717, 1.165) is 13.1 Å². The molecule has 1 aromatic heterocycles. The van der Waals surface area contributed by atoms with Crippen LogP contribution in [0.4, 0.5) is 0 Å². The molecule has 0 aliphatic heterocycles. The maximum Gasteiger partial charge on any atom is 0.0296 e. The van der Waals surface area contributed by atoms with Crippen molar-refractivity contribution in [1.29, 1.82) is 0 Å². The van der Waals surface area contributed by atoms with Gasteiger partial charge in [-0.25, -0.2) is 0 Å². The predicted molar refractivity (Wildman–Crippen MR) is 85.7 cm³/mol.